The first-order valence-electron chi connectivity index (χ1n) is 7.42. The topological polar surface area (TPSA) is 46.5 Å². The highest BCUT2D eigenvalue weighted by molar-refractivity contribution is 5.67. The van der Waals surface area contributed by atoms with E-state index in [0.29, 0.717) is 6.61 Å². The van der Waals surface area contributed by atoms with Crippen LogP contribution >= 0.6 is 0 Å². The van der Waals surface area contributed by atoms with Crippen LogP contribution in [0, 0.1) is 5.41 Å². The summed E-state index contributed by atoms with van der Waals surface area (Å²) in [5, 5.41) is 8.93. The second-order valence-electron chi connectivity index (χ2n) is 6.33. The molecule has 0 heterocycles. The largest absolute Gasteiger partial charge is 0.489 e. The van der Waals surface area contributed by atoms with Crippen molar-refractivity contribution >= 4 is 5.97 Å². The lowest BCUT2D eigenvalue weighted by molar-refractivity contribution is -0.139. The van der Waals surface area contributed by atoms with Gasteiger partial charge in [0.05, 0.1) is 6.42 Å². The van der Waals surface area contributed by atoms with E-state index < -0.39 is 5.97 Å². The molecule has 2 aromatic rings. The van der Waals surface area contributed by atoms with Crippen molar-refractivity contribution in [1.82, 2.24) is 0 Å². The molecule has 0 fully saturated rings. The van der Waals surface area contributed by atoms with Crippen LogP contribution < -0.4 is 4.74 Å². The van der Waals surface area contributed by atoms with Crippen LogP contribution in [0.5, 0.6) is 5.75 Å². The van der Waals surface area contributed by atoms with Crippen molar-refractivity contribution in [3.8, 4) is 5.75 Å². The van der Waals surface area contributed by atoms with Crippen molar-refractivity contribution in [3.63, 3.8) is 0 Å². The fraction of sp³-hybridized carbons (Fsp3) is 0.316. The number of carbonyl (C=O) groups is 1. The van der Waals surface area contributed by atoms with Crippen molar-refractivity contribution in [3.05, 3.63) is 65.7 Å². The Morgan fingerprint density at radius 2 is 1.64 bits per heavy atom. The molecule has 0 aliphatic heterocycles. The molecule has 0 saturated carbocycles. The van der Waals surface area contributed by atoms with E-state index in [1.54, 1.807) is 0 Å². The standard InChI is InChI=1S/C19H22O3/c1-19(2,13-18(20)21)12-15-8-10-17(11-9-15)22-14-16-6-4-3-5-7-16/h3-11H,12-14H2,1-2H3,(H,20,21). The fourth-order valence-electron chi connectivity index (χ4n) is 2.47. The molecule has 116 valence electrons. The molecule has 0 aliphatic rings. The second-order valence-corrected chi connectivity index (χ2v) is 6.33. The Morgan fingerprint density at radius 1 is 1.00 bits per heavy atom. The normalized spacial score (nSPS) is 11.2. The Balaban J connectivity index is 1.91. The summed E-state index contributed by atoms with van der Waals surface area (Å²) in [7, 11) is 0. The van der Waals surface area contributed by atoms with Gasteiger partial charge < -0.3 is 9.84 Å². The smallest absolute Gasteiger partial charge is 0.303 e. The lowest BCUT2D eigenvalue weighted by atomic mass is 9.83. The number of benzene rings is 2. The maximum atomic E-state index is 10.9. The van der Waals surface area contributed by atoms with E-state index in [1.807, 2.05) is 68.4 Å². The first-order chi connectivity index (χ1) is 10.4. The van der Waals surface area contributed by atoms with Crippen molar-refractivity contribution in [2.24, 2.45) is 5.41 Å². The van der Waals surface area contributed by atoms with E-state index in [2.05, 4.69) is 0 Å². The highest BCUT2D eigenvalue weighted by Crippen LogP contribution is 2.27. The number of carboxylic acids is 1. The van der Waals surface area contributed by atoms with Crippen LogP contribution in [-0.4, -0.2) is 11.1 Å². The average Bonchev–Trinajstić information content (AvgIpc) is 2.46. The van der Waals surface area contributed by atoms with E-state index in [9.17, 15) is 4.79 Å². The molecule has 22 heavy (non-hydrogen) atoms. The number of aliphatic carboxylic acids is 1. The Kier molecular flexibility index (Phi) is 5.21. The van der Waals surface area contributed by atoms with Crippen molar-refractivity contribution in [2.75, 3.05) is 0 Å². The molecule has 0 radical (unpaired) electrons. The molecule has 3 heteroatoms. The van der Waals surface area contributed by atoms with Crippen LogP contribution in [0.1, 0.15) is 31.4 Å². The van der Waals surface area contributed by atoms with Gasteiger partial charge in [-0.05, 0) is 35.1 Å². The van der Waals surface area contributed by atoms with Gasteiger partial charge in [0.1, 0.15) is 12.4 Å². The fourth-order valence-corrected chi connectivity index (χ4v) is 2.47. The molecule has 0 bridgehead atoms. The zero-order valence-electron chi connectivity index (χ0n) is 13.1. The molecule has 0 saturated heterocycles. The first-order valence-corrected chi connectivity index (χ1v) is 7.42. The molecule has 0 aromatic heterocycles. The Hall–Kier alpha value is -2.29. The highest BCUT2D eigenvalue weighted by atomic mass is 16.5. The summed E-state index contributed by atoms with van der Waals surface area (Å²) in [5.74, 6) is 0.0662. The van der Waals surface area contributed by atoms with Crippen LogP contribution in [0.15, 0.2) is 54.6 Å². The molecule has 0 atom stereocenters. The van der Waals surface area contributed by atoms with E-state index in [4.69, 9.17) is 9.84 Å². The summed E-state index contributed by atoms with van der Waals surface area (Å²) >= 11 is 0. The first kappa shape index (κ1) is 16.1. The third-order valence-electron chi connectivity index (χ3n) is 3.48. The van der Waals surface area contributed by atoms with Gasteiger partial charge >= 0.3 is 5.97 Å². The Bertz CT molecular complexity index is 600. The van der Waals surface area contributed by atoms with E-state index in [0.717, 1.165) is 23.3 Å². The minimum Gasteiger partial charge on any atom is -0.489 e. The van der Waals surface area contributed by atoms with Crippen molar-refractivity contribution < 1.29 is 14.6 Å². The van der Waals surface area contributed by atoms with Crippen LogP contribution in [0.25, 0.3) is 0 Å². The zero-order valence-corrected chi connectivity index (χ0v) is 13.1. The van der Waals surface area contributed by atoms with Gasteiger partial charge in [-0.15, -0.1) is 0 Å². The summed E-state index contributed by atoms with van der Waals surface area (Å²) in [6.07, 6.45) is 0.900. The molecule has 0 unspecified atom stereocenters. The molecule has 2 aromatic carbocycles. The Labute approximate surface area is 131 Å². The Morgan fingerprint density at radius 3 is 2.23 bits per heavy atom. The quantitative estimate of drug-likeness (QED) is 0.828. The molecule has 0 spiro atoms. The average molecular weight is 298 g/mol. The predicted molar refractivity (Wildman–Crippen MR) is 87.0 cm³/mol. The van der Waals surface area contributed by atoms with E-state index >= 15 is 0 Å². The summed E-state index contributed by atoms with van der Waals surface area (Å²) < 4.78 is 5.75. The van der Waals surface area contributed by atoms with Gasteiger partial charge in [-0.1, -0.05) is 56.3 Å². The maximum absolute atomic E-state index is 10.9. The van der Waals surface area contributed by atoms with Gasteiger partial charge in [-0.3, -0.25) is 4.79 Å². The second kappa shape index (κ2) is 7.12. The summed E-state index contributed by atoms with van der Waals surface area (Å²) in [5.41, 5.74) is 2.01. The van der Waals surface area contributed by atoms with E-state index in [-0.39, 0.29) is 11.8 Å². The van der Waals surface area contributed by atoms with Gasteiger partial charge in [0.15, 0.2) is 0 Å². The van der Waals surface area contributed by atoms with Crippen molar-refractivity contribution in [1.29, 1.82) is 0 Å². The van der Waals surface area contributed by atoms with Gasteiger partial charge in [0.25, 0.3) is 0 Å². The molecule has 0 amide bonds. The minimum atomic E-state index is -0.757. The van der Waals surface area contributed by atoms with Crippen LogP contribution in [0.4, 0.5) is 0 Å². The lowest BCUT2D eigenvalue weighted by Crippen LogP contribution is -2.19. The maximum Gasteiger partial charge on any atom is 0.303 e. The zero-order chi connectivity index (χ0) is 16.0. The van der Waals surface area contributed by atoms with E-state index in [1.165, 1.54) is 0 Å². The molecule has 2 rings (SSSR count). The molecule has 0 aliphatic carbocycles. The minimum absolute atomic E-state index is 0.166. The molecule has 1 N–H and O–H groups in total. The van der Waals surface area contributed by atoms with Crippen LogP contribution in [0.3, 0.4) is 0 Å². The van der Waals surface area contributed by atoms with Gasteiger partial charge in [0, 0.05) is 0 Å². The lowest BCUT2D eigenvalue weighted by Gasteiger charge is -2.22. The number of rotatable bonds is 7. The number of hydrogen-bond donors (Lipinski definition) is 1. The van der Waals surface area contributed by atoms with Gasteiger partial charge in [0.2, 0.25) is 0 Å². The van der Waals surface area contributed by atoms with Crippen molar-refractivity contribution in [2.45, 2.75) is 33.3 Å². The van der Waals surface area contributed by atoms with Gasteiger partial charge in [-0.2, -0.15) is 0 Å². The molecular weight excluding hydrogens is 276 g/mol. The summed E-state index contributed by atoms with van der Waals surface area (Å²) in [6.45, 7) is 4.49. The highest BCUT2D eigenvalue weighted by Gasteiger charge is 2.22. The molecule has 3 nitrogen and oxygen atoms in total. The third kappa shape index (κ3) is 5.24. The SMILES string of the molecule is CC(C)(CC(=O)O)Cc1ccc(OCc2ccccc2)cc1. The van der Waals surface area contributed by atoms with Gasteiger partial charge in [-0.25, -0.2) is 0 Å². The number of hydrogen-bond acceptors (Lipinski definition) is 2. The third-order valence-corrected chi connectivity index (χ3v) is 3.48. The number of ether oxygens (including phenoxy) is 1. The monoisotopic (exact) mass is 298 g/mol. The number of carboxylic acid groups (broad SMARTS) is 1. The summed E-state index contributed by atoms with van der Waals surface area (Å²) in [6, 6.07) is 17.9. The van der Waals surface area contributed by atoms with Crippen LogP contribution in [-0.2, 0) is 17.8 Å². The van der Waals surface area contributed by atoms with Crippen LogP contribution in [0.2, 0.25) is 0 Å². The predicted octanol–water partition coefficient (Wildman–Crippen LogP) is 4.31. The summed E-state index contributed by atoms with van der Waals surface area (Å²) in [4.78, 5) is 10.9. The molecular formula is C19H22O3.